The van der Waals surface area contributed by atoms with Crippen molar-refractivity contribution >= 4 is 22.1 Å². The molecule has 0 aliphatic carbocycles. The zero-order chi connectivity index (χ0) is 20.9. The van der Waals surface area contributed by atoms with Crippen LogP contribution in [0.2, 0.25) is 0 Å². The predicted molar refractivity (Wildman–Crippen MR) is 108 cm³/mol. The van der Waals surface area contributed by atoms with Gasteiger partial charge in [-0.2, -0.15) is 4.31 Å². The summed E-state index contributed by atoms with van der Waals surface area (Å²) < 4.78 is 37.6. The summed E-state index contributed by atoms with van der Waals surface area (Å²) in [5.74, 6) is 0.520. The number of ether oxygens (including phenoxy) is 1. The van der Waals surface area contributed by atoms with Crippen LogP contribution in [0.15, 0.2) is 39.7 Å². The summed E-state index contributed by atoms with van der Waals surface area (Å²) in [6.07, 6.45) is 6.81. The molecular weight excluding hydrogens is 392 g/mol. The Morgan fingerprint density at radius 1 is 1.14 bits per heavy atom. The number of esters is 1. The Morgan fingerprint density at radius 3 is 2.38 bits per heavy atom. The van der Waals surface area contributed by atoms with Gasteiger partial charge in [0.15, 0.2) is 6.61 Å². The molecule has 1 aromatic carbocycles. The maximum Gasteiger partial charge on any atom is 0.331 e. The fourth-order valence-electron chi connectivity index (χ4n) is 3.13. The molecule has 0 amide bonds. The number of aryl methyl sites for hydroxylation is 2. The van der Waals surface area contributed by atoms with Crippen LogP contribution in [-0.4, -0.2) is 36.8 Å². The zero-order valence-electron chi connectivity index (χ0n) is 16.8. The Kier molecular flexibility index (Phi) is 6.87. The Morgan fingerprint density at radius 2 is 1.79 bits per heavy atom. The van der Waals surface area contributed by atoms with Crippen LogP contribution in [0.4, 0.5) is 0 Å². The van der Waals surface area contributed by atoms with Crippen LogP contribution >= 0.6 is 0 Å². The molecule has 0 N–H and O–H groups in total. The molecule has 0 unspecified atom stereocenters. The molecule has 7 nitrogen and oxygen atoms in total. The van der Waals surface area contributed by atoms with Crippen molar-refractivity contribution in [1.29, 1.82) is 0 Å². The van der Waals surface area contributed by atoms with Crippen molar-refractivity contribution in [3.8, 4) is 0 Å². The molecule has 1 aliphatic heterocycles. The van der Waals surface area contributed by atoms with Gasteiger partial charge in [0.25, 0.3) is 0 Å². The van der Waals surface area contributed by atoms with Gasteiger partial charge in [-0.1, -0.05) is 25.0 Å². The lowest BCUT2D eigenvalue weighted by Gasteiger charge is -2.19. The van der Waals surface area contributed by atoms with Crippen molar-refractivity contribution in [1.82, 2.24) is 9.29 Å². The summed E-state index contributed by atoms with van der Waals surface area (Å²) in [4.78, 5) is 16.3. The molecule has 2 heterocycles. The zero-order valence-corrected chi connectivity index (χ0v) is 17.6. The molecule has 2 aromatic rings. The molecule has 0 bridgehead atoms. The first-order valence-corrected chi connectivity index (χ1v) is 11.2. The molecule has 0 radical (unpaired) electrons. The van der Waals surface area contributed by atoms with Crippen LogP contribution in [0, 0.1) is 13.8 Å². The summed E-state index contributed by atoms with van der Waals surface area (Å²) in [6, 6.07) is 6.50. The number of nitrogens with zero attached hydrogens (tertiary/aromatic N) is 2. The number of hydrogen-bond acceptors (Lipinski definition) is 6. The molecule has 156 valence electrons. The first kappa shape index (κ1) is 21.3. The van der Waals surface area contributed by atoms with Crippen LogP contribution in [0.25, 0.3) is 6.08 Å². The van der Waals surface area contributed by atoms with Crippen molar-refractivity contribution in [2.75, 3.05) is 13.1 Å². The second kappa shape index (κ2) is 9.37. The summed E-state index contributed by atoms with van der Waals surface area (Å²) in [5, 5.41) is 0. The van der Waals surface area contributed by atoms with Crippen molar-refractivity contribution in [3.63, 3.8) is 0 Å². The van der Waals surface area contributed by atoms with E-state index in [9.17, 15) is 13.2 Å². The number of sulfonamides is 1. The number of aromatic nitrogens is 1. The van der Waals surface area contributed by atoms with Gasteiger partial charge in [0.05, 0.1) is 10.6 Å². The number of benzene rings is 1. The molecule has 0 atom stereocenters. The van der Waals surface area contributed by atoms with Gasteiger partial charge < -0.3 is 9.15 Å². The van der Waals surface area contributed by atoms with E-state index in [2.05, 4.69) is 4.98 Å². The van der Waals surface area contributed by atoms with Gasteiger partial charge in [-0.05, 0) is 50.5 Å². The van der Waals surface area contributed by atoms with E-state index in [0.717, 1.165) is 31.4 Å². The van der Waals surface area contributed by atoms with E-state index in [-0.39, 0.29) is 11.5 Å². The third kappa shape index (κ3) is 5.55. The highest BCUT2D eigenvalue weighted by molar-refractivity contribution is 7.89. The molecule has 29 heavy (non-hydrogen) atoms. The normalized spacial score (nSPS) is 16.1. The topological polar surface area (TPSA) is 89.7 Å². The maximum atomic E-state index is 12.8. The predicted octanol–water partition coefficient (Wildman–Crippen LogP) is 3.61. The summed E-state index contributed by atoms with van der Waals surface area (Å²) in [7, 11) is -3.47. The van der Waals surface area contributed by atoms with Gasteiger partial charge in [0, 0.05) is 19.2 Å². The average Bonchev–Trinajstić information content (AvgIpc) is 2.91. The van der Waals surface area contributed by atoms with Crippen LogP contribution < -0.4 is 0 Å². The third-order valence-corrected chi connectivity index (χ3v) is 6.82. The third-order valence-electron chi connectivity index (χ3n) is 4.91. The van der Waals surface area contributed by atoms with Crippen LogP contribution in [0.5, 0.6) is 0 Å². The molecular formula is C21H26N2O5S. The molecule has 8 heteroatoms. The lowest BCUT2D eigenvalue weighted by molar-refractivity contribution is -0.139. The smallest absolute Gasteiger partial charge is 0.331 e. The van der Waals surface area contributed by atoms with E-state index in [1.165, 1.54) is 6.08 Å². The lowest BCUT2D eigenvalue weighted by Crippen LogP contribution is -2.31. The quantitative estimate of drug-likeness (QED) is 0.526. The second-order valence-corrected chi connectivity index (χ2v) is 9.02. The van der Waals surface area contributed by atoms with Crippen molar-refractivity contribution < 1.29 is 22.4 Å². The van der Waals surface area contributed by atoms with Crippen molar-refractivity contribution in [2.24, 2.45) is 0 Å². The Hall–Kier alpha value is -2.45. The minimum Gasteiger partial charge on any atom is -0.453 e. The minimum atomic E-state index is -3.47. The highest BCUT2D eigenvalue weighted by Crippen LogP contribution is 2.21. The van der Waals surface area contributed by atoms with Gasteiger partial charge in [-0.3, -0.25) is 0 Å². The first-order valence-electron chi connectivity index (χ1n) is 9.74. The van der Waals surface area contributed by atoms with E-state index in [1.54, 1.807) is 41.6 Å². The SMILES string of the molecule is Cc1nc(COC(=O)/C=C/c2ccc(S(=O)(=O)N3CCCCCC3)cc2)oc1C. The molecule has 0 spiro atoms. The van der Waals surface area contributed by atoms with E-state index in [1.807, 2.05) is 6.92 Å². The van der Waals surface area contributed by atoms with Gasteiger partial charge in [0.2, 0.25) is 15.9 Å². The number of carbonyl (C=O) groups is 1. The highest BCUT2D eigenvalue weighted by atomic mass is 32.2. The van der Waals surface area contributed by atoms with Crippen LogP contribution in [0.3, 0.4) is 0 Å². The molecule has 1 saturated heterocycles. The average molecular weight is 419 g/mol. The van der Waals surface area contributed by atoms with Gasteiger partial charge >= 0.3 is 5.97 Å². The monoisotopic (exact) mass is 418 g/mol. The van der Waals surface area contributed by atoms with E-state index in [4.69, 9.17) is 9.15 Å². The van der Waals surface area contributed by atoms with Crippen LogP contribution in [-0.2, 0) is 26.2 Å². The van der Waals surface area contributed by atoms with Crippen molar-refractivity contribution in [3.05, 3.63) is 53.2 Å². The van der Waals surface area contributed by atoms with Gasteiger partial charge in [0.1, 0.15) is 5.76 Å². The second-order valence-electron chi connectivity index (χ2n) is 7.08. The van der Waals surface area contributed by atoms with Crippen molar-refractivity contribution in [2.45, 2.75) is 51.0 Å². The highest BCUT2D eigenvalue weighted by Gasteiger charge is 2.24. The Balaban J connectivity index is 1.58. The fourth-order valence-corrected chi connectivity index (χ4v) is 4.65. The fraction of sp³-hybridized carbons (Fsp3) is 0.429. The summed E-state index contributed by atoms with van der Waals surface area (Å²) in [5.41, 5.74) is 1.47. The summed E-state index contributed by atoms with van der Waals surface area (Å²) >= 11 is 0. The van der Waals surface area contributed by atoms with Gasteiger partial charge in [-0.25, -0.2) is 18.2 Å². The molecule has 0 saturated carbocycles. The van der Waals surface area contributed by atoms with E-state index in [0.29, 0.717) is 30.3 Å². The number of oxazole rings is 1. The maximum absolute atomic E-state index is 12.8. The Bertz CT molecular complexity index is 950. The van der Waals surface area contributed by atoms with E-state index < -0.39 is 16.0 Å². The molecule has 1 aromatic heterocycles. The molecule has 3 rings (SSSR count). The summed E-state index contributed by atoms with van der Waals surface area (Å²) in [6.45, 7) is 4.72. The van der Waals surface area contributed by atoms with E-state index >= 15 is 0 Å². The largest absolute Gasteiger partial charge is 0.453 e. The van der Waals surface area contributed by atoms with Crippen LogP contribution in [0.1, 0.15) is 48.6 Å². The molecule has 1 fully saturated rings. The molecule has 1 aliphatic rings. The lowest BCUT2D eigenvalue weighted by atomic mass is 10.2. The van der Waals surface area contributed by atoms with Gasteiger partial charge in [-0.15, -0.1) is 0 Å². The Labute approximate surface area is 171 Å². The number of rotatable bonds is 6. The first-order chi connectivity index (χ1) is 13.9. The standard InChI is InChI=1S/C21H26N2O5S/c1-16-17(2)28-20(22-16)15-27-21(24)12-9-18-7-10-19(11-8-18)29(25,26)23-13-5-3-4-6-14-23/h7-12H,3-6,13-15H2,1-2H3/b12-9+. The number of carbonyl (C=O) groups excluding carboxylic acids is 1. The minimum absolute atomic E-state index is 0.0368. The number of hydrogen-bond donors (Lipinski definition) is 0.